The van der Waals surface area contributed by atoms with Gasteiger partial charge >= 0.3 is 0 Å². The molecule has 5 aliphatic rings. The molecular formula is C22H27BrN2O3. The molecule has 6 heteroatoms. The molecule has 6 rings (SSSR count). The molecule has 0 saturated heterocycles. The number of ether oxygens (including phenoxy) is 1. The number of halogens is 1. The first kappa shape index (κ1) is 18.6. The SMILES string of the molecule is COCN1C(=O)CCc2cc(NC(=O)C34CC5CC(CC(Br)(C5)C3)C4)ccc21. The van der Waals surface area contributed by atoms with Crippen LogP contribution in [-0.4, -0.2) is 30.0 Å². The summed E-state index contributed by atoms with van der Waals surface area (Å²) in [5.74, 6) is 1.64. The molecule has 5 nitrogen and oxygen atoms in total. The topological polar surface area (TPSA) is 58.6 Å². The van der Waals surface area contributed by atoms with Gasteiger partial charge in [0.2, 0.25) is 11.8 Å². The van der Waals surface area contributed by atoms with E-state index < -0.39 is 0 Å². The van der Waals surface area contributed by atoms with E-state index >= 15 is 0 Å². The molecule has 1 aromatic carbocycles. The maximum atomic E-state index is 13.4. The van der Waals surface area contributed by atoms with Gasteiger partial charge in [-0.05, 0) is 80.5 Å². The first-order valence-electron chi connectivity index (χ1n) is 10.3. The highest BCUT2D eigenvalue weighted by atomic mass is 79.9. The lowest BCUT2D eigenvalue weighted by molar-refractivity contribution is -0.138. The second-order valence-corrected chi connectivity index (χ2v) is 11.1. The Morgan fingerprint density at radius 1 is 1.25 bits per heavy atom. The van der Waals surface area contributed by atoms with Crippen LogP contribution < -0.4 is 10.2 Å². The van der Waals surface area contributed by atoms with Crippen LogP contribution in [0, 0.1) is 17.3 Å². The molecule has 0 aromatic heterocycles. The number of anilines is 2. The Bertz CT molecular complexity index is 825. The summed E-state index contributed by atoms with van der Waals surface area (Å²) in [6.45, 7) is 0.261. The zero-order valence-electron chi connectivity index (χ0n) is 16.3. The lowest BCUT2D eigenvalue weighted by Gasteiger charge is -2.59. The Morgan fingerprint density at radius 3 is 2.68 bits per heavy atom. The van der Waals surface area contributed by atoms with Gasteiger partial charge in [-0.25, -0.2) is 0 Å². The van der Waals surface area contributed by atoms with E-state index in [0.717, 1.165) is 36.2 Å². The van der Waals surface area contributed by atoms with Crippen molar-refractivity contribution in [3.8, 4) is 0 Å². The lowest BCUT2D eigenvalue weighted by Crippen LogP contribution is -2.57. The van der Waals surface area contributed by atoms with E-state index in [1.807, 2.05) is 18.2 Å². The fourth-order valence-electron chi connectivity index (χ4n) is 6.59. The molecule has 150 valence electrons. The Balaban J connectivity index is 1.37. The second-order valence-electron chi connectivity index (χ2n) is 9.43. The molecule has 1 aliphatic heterocycles. The molecular weight excluding hydrogens is 420 g/mol. The molecule has 2 atom stereocenters. The number of alkyl halides is 1. The molecule has 2 unspecified atom stereocenters. The molecule has 28 heavy (non-hydrogen) atoms. The van der Waals surface area contributed by atoms with Crippen LogP contribution in [0.15, 0.2) is 18.2 Å². The van der Waals surface area contributed by atoms with Crippen LogP contribution in [0.1, 0.15) is 50.5 Å². The minimum atomic E-state index is -0.221. The third-order valence-corrected chi connectivity index (χ3v) is 8.19. The monoisotopic (exact) mass is 446 g/mol. The van der Waals surface area contributed by atoms with Gasteiger partial charge in [0.15, 0.2) is 0 Å². The first-order valence-corrected chi connectivity index (χ1v) is 11.1. The van der Waals surface area contributed by atoms with Crippen molar-refractivity contribution in [2.75, 3.05) is 24.1 Å². The Morgan fingerprint density at radius 2 is 2.00 bits per heavy atom. The molecule has 0 spiro atoms. The van der Waals surface area contributed by atoms with Crippen molar-refractivity contribution in [1.82, 2.24) is 0 Å². The summed E-state index contributed by atoms with van der Waals surface area (Å²) in [4.78, 5) is 27.2. The van der Waals surface area contributed by atoms with E-state index in [2.05, 4.69) is 21.2 Å². The highest BCUT2D eigenvalue weighted by Gasteiger charge is 2.59. The number of rotatable bonds is 4. The quantitative estimate of drug-likeness (QED) is 0.703. The van der Waals surface area contributed by atoms with E-state index in [0.29, 0.717) is 24.7 Å². The first-order chi connectivity index (χ1) is 13.4. The molecule has 4 saturated carbocycles. The largest absolute Gasteiger partial charge is 0.364 e. The summed E-state index contributed by atoms with van der Waals surface area (Å²) in [5.41, 5.74) is 2.61. The molecule has 4 aliphatic carbocycles. The van der Waals surface area contributed by atoms with Crippen molar-refractivity contribution in [2.45, 2.75) is 55.7 Å². The van der Waals surface area contributed by atoms with Gasteiger partial charge in [-0.3, -0.25) is 14.5 Å². The van der Waals surface area contributed by atoms with Crippen LogP contribution in [-0.2, 0) is 20.7 Å². The van der Waals surface area contributed by atoms with E-state index in [9.17, 15) is 9.59 Å². The minimum absolute atomic E-state index is 0.0855. The highest BCUT2D eigenvalue weighted by molar-refractivity contribution is 9.10. The molecule has 4 bridgehead atoms. The number of nitrogens with one attached hydrogen (secondary N) is 1. The van der Waals surface area contributed by atoms with Gasteiger partial charge in [-0.1, -0.05) is 15.9 Å². The van der Waals surface area contributed by atoms with Crippen molar-refractivity contribution in [3.63, 3.8) is 0 Å². The molecule has 1 heterocycles. The summed E-state index contributed by atoms with van der Waals surface area (Å²) < 4.78 is 5.35. The number of hydrogen-bond acceptors (Lipinski definition) is 3. The van der Waals surface area contributed by atoms with Crippen LogP contribution in [0.5, 0.6) is 0 Å². The number of fused-ring (bicyclic) bond motifs is 1. The van der Waals surface area contributed by atoms with Gasteiger partial charge in [0, 0.05) is 29.2 Å². The molecule has 2 amide bonds. The molecule has 0 radical (unpaired) electrons. The number of aryl methyl sites for hydroxylation is 1. The minimum Gasteiger partial charge on any atom is -0.364 e. The van der Waals surface area contributed by atoms with E-state index in [1.54, 1.807) is 12.0 Å². The summed E-state index contributed by atoms with van der Waals surface area (Å²) in [6, 6.07) is 5.89. The van der Waals surface area contributed by atoms with Crippen molar-refractivity contribution < 1.29 is 14.3 Å². The second kappa shape index (κ2) is 6.56. The average molecular weight is 447 g/mol. The van der Waals surface area contributed by atoms with E-state index in [4.69, 9.17) is 4.74 Å². The van der Waals surface area contributed by atoms with Crippen molar-refractivity contribution >= 4 is 39.1 Å². The Kier molecular flexibility index (Phi) is 4.36. The number of methoxy groups -OCH3 is 1. The summed E-state index contributed by atoms with van der Waals surface area (Å²) in [6.07, 6.45) is 7.95. The summed E-state index contributed by atoms with van der Waals surface area (Å²) in [5, 5.41) is 3.23. The zero-order valence-corrected chi connectivity index (χ0v) is 17.9. The number of carbonyl (C=O) groups excluding carboxylic acids is 2. The summed E-state index contributed by atoms with van der Waals surface area (Å²) in [7, 11) is 1.60. The van der Waals surface area contributed by atoms with Gasteiger partial charge < -0.3 is 10.1 Å². The van der Waals surface area contributed by atoms with Gasteiger partial charge in [-0.15, -0.1) is 0 Å². The normalized spacial score (nSPS) is 35.8. The number of carbonyl (C=O) groups is 2. The van der Waals surface area contributed by atoms with E-state index in [-0.39, 0.29) is 28.3 Å². The number of amides is 2. The van der Waals surface area contributed by atoms with Crippen LogP contribution in [0.25, 0.3) is 0 Å². The van der Waals surface area contributed by atoms with E-state index in [1.165, 1.54) is 19.3 Å². The standard InChI is InChI=1S/C22H27BrN2O3/c1-28-13-25-18-4-3-17(7-16(18)2-5-19(25)26)24-20(27)21-8-14-6-15(9-21)11-22(23,10-14)12-21/h3-4,7,14-15H,2,5-6,8-13H2,1H3,(H,24,27). The number of benzene rings is 1. The van der Waals surface area contributed by atoms with Gasteiger partial charge in [0.05, 0.1) is 5.41 Å². The van der Waals surface area contributed by atoms with Gasteiger partial charge in [-0.2, -0.15) is 0 Å². The molecule has 1 aromatic rings. The van der Waals surface area contributed by atoms with Gasteiger partial charge in [0.25, 0.3) is 0 Å². The lowest BCUT2D eigenvalue weighted by atomic mass is 9.49. The predicted molar refractivity (Wildman–Crippen MR) is 112 cm³/mol. The highest BCUT2D eigenvalue weighted by Crippen LogP contribution is 2.64. The van der Waals surface area contributed by atoms with Crippen molar-refractivity contribution in [3.05, 3.63) is 23.8 Å². The third-order valence-electron chi connectivity index (χ3n) is 7.27. The third kappa shape index (κ3) is 3.00. The fourth-order valence-corrected chi connectivity index (χ4v) is 8.04. The average Bonchev–Trinajstić information content (AvgIpc) is 2.62. The number of hydrogen-bond donors (Lipinski definition) is 1. The van der Waals surface area contributed by atoms with Crippen molar-refractivity contribution in [1.29, 1.82) is 0 Å². The fraction of sp³-hybridized carbons (Fsp3) is 0.636. The molecule has 4 fully saturated rings. The Labute approximate surface area is 174 Å². The maximum absolute atomic E-state index is 13.4. The van der Waals surface area contributed by atoms with Crippen LogP contribution >= 0.6 is 15.9 Å². The van der Waals surface area contributed by atoms with Crippen LogP contribution in [0.3, 0.4) is 0 Å². The summed E-state index contributed by atoms with van der Waals surface area (Å²) >= 11 is 3.99. The van der Waals surface area contributed by atoms with Gasteiger partial charge in [0.1, 0.15) is 6.73 Å². The van der Waals surface area contributed by atoms with Crippen LogP contribution in [0.2, 0.25) is 0 Å². The smallest absolute Gasteiger partial charge is 0.230 e. The Hall–Kier alpha value is -1.40. The number of nitrogens with zero attached hydrogens (tertiary/aromatic N) is 1. The van der Waals surface area contributed by atoms with Crippen LogP contribution in [0.4, 0.5) is 11.4 Å². The van der Waals surface area contributed by atoms with Crippen molar-refractivity contribution in [2.24, 2.45) is 17.3 Å². The maximum Gasteiger partial charge on any atom is 0.230 e. The zero-order chi connectivity index (χ0) is 19.5. The molecule has 1 N–H and O–H groups in total. The predicted octanol–water partition coefficient (Wildman–Crippen LogP) is 4.24.